The van der Waals surface area contributed by atoms with Gasteiger partial charge in [0.15, 0.2) is 0 Å². The molecule has 1 aromatic heterocycles. The molecule has 0 saturated heterocycles. The van der Waals surface area contributed by atoms with Crippen LogP contribution in [0.1, 0.15) is 19.7 Å². The maximum Gasteiger partial charge on any atom is 0.237 e. The van der Waals surface area contributed by atoms with Crippen LogP contribution in [-0.2, 0) is 11.2 Å². The summed E-state index contributed by atoms with van der Waals surface area (Å²) < 4.78 is 5.21. The van der Waals surface area contributed by atoms with E-state index in [4.69, 9.17) is 4.74 Å². The topological polar surface area (TPSA) is 79.9 Å². The second kappa shape index (κ2) is 7.12. The third-order valence-electron chi connectivity index (χ3n) is 2.86. The van der Waals surface area contributed by atoms with E-state index >= 15 is 0 Å². The first-order valence-electron chi connectivity index (χ1n) is 6.65. The normalized spacial score (nSPS) is 12.0. The molecule has 7 heteroatoms. The van der Waals surface area contributed by atoms with Crippen molar-refractivity contribution >= 4 is 23.4 Å². The number of H-pyrrole nitrogens is 1. The molecule has 0 radical (unpaired) electrons. The number of hydrogen-bond donors (Lipinski definition) is 2. The summed E-state index contributed by atoms with van der Waals surface area (Å²) in [5, 5.41) is 10.0. The average Bonchev–Trinajstić information content (AvgIpc) is 2.95. The van der Waals surface area contributed by atoms with Gasteiger partial charge in [0, 0.05) is 6.42 Å². The van der Waals surface area contributed by atoms with Gasteiger partial charge in [-0.15, -0.1) is 5.10 Å². The fourth-order valence-corrected chi connectivity index (χ4v) is 2.43. The molecule has 1 amide bonds. The number of anilines is 1. The summed E-state index contributed by atoms with van der Waals surface area (Å²) in [4.78, 5) is 16.5. The first-order chi connectivity index (χ1) is 10.1. The van der Waals surface area contributed by atoms with Crippen molar-refractivity contribution in [1.82, 2.24) is 15.2 Å². The Kier molecular flexibility index (Phi) is 5.21. The lowest BCUT2D eigenvalue weighted by atomic mass is 10.3. The summed E-state index contributed by atoms with van der Waals surface area (Å²) in [5.74, 6) is 1.33. The molecule has 112 valence electrons. The van der Waals surface area contributed by atoms with E-state index < -0.39 is 0 Å². The van der Waals surface area contributed by atoms with Gasteiger partial charge in [0.1, 0.15) is 11.6 Å². The zero-order valence-corrected chi connectivity index (χ0v) is 13.0. The molecule has 0 aliphatic rings. The van der Waals surface area contributed by atoms with E-state index in [2.05, 4.69) is 20.5 Å². The molecular formula is C14H18N4O2S. The van der Waals surface area contributed by atoms with Crippen LogP contribution in [0, 0.1) is 0 Å². The molecule has 1 aromatic carbocycles. The number of amides is 1. The lowest BCUT2D eigenvalue weighted by Gasteiger charge is -2.12. The SMILES string of the molecule is CCc1nc(SC(C)C(=O)Nc2ccccc2OC)n[nH]1. The molecule has 6 nitrogen and oxygen atoms in total. The van der Waals surface area contributed by atoms with Crippen LogP contribution in [0.4, 0.5) is 5.69 Å². The number of nitrogens with zero attached hydrogens (tertiary/aromatic N) is 2. The van der Waals surface area contributed by atoms with E-state index in [1.54, 1.807) is 19.2 Å². The molecule has 0 fully saturated rings. The summed E-state index contributed by atoms with van der Waals surface area (Å²) in [6.07, 6.45) is 0.787. The smallest absolute Gasteiger partial charge is 0.237 e. The lowest BCUT2D eigenvalue weighted by Crippen LogP contribution is -2.22. The molecule has 0 aliphatic carbocycles. The predicted molar refractivity (Wildman–Crippen MR) is 82.7 cm³/mol. The molecule has 1 atom stereocenters. The van der Waals surface area contributed by atoms with Crippen molar-refractivity contribution in [2.45, 2.75) is 30.7 Å². The second-order valence-electron chi connectivity index (χ2n) is 4.37. The molecule has 2 rings (SSSR count). The molecule has 0 spiro atoms. The fraction of sp³-hybridized carbons (Fsp3) is 0.357. The number of aromatic amines is 1. The summed E-state index contributed by atoms with van der Waals surface area (Å²) in [7, 11) is 1.57. The lowest BCUT2D eigenvalue weighted by molar-refractivity contribution is -0.115. The van der Waals surface area contributed by atoms with Crippen LogP contribution in [0.15, 0.2) is 29.4 Å². The Morgan fingerprint density at radius 3 is 2.90 bits per heavy atom. The monoisotopic (exact) mass is 306 g/mol. The van der Waals surface area contributed by atoms with Crippen LogP contribution in [0.5, 0.6) is 5.75 Å². The highest BCUT2D eigenvalue weighted by atomic mass is 32.2. The summed E-state index contributed by atoms with van der Waals surface area (Å²) in [6.45, 7) is 3.81. The van der Waals surface area contributed by atoms with Gasteiger partial charge in [-0.25, -0.2) is 4.98 Å². The molecule has 2 aromatic rings. The summed E-state index contributed by atoms with van der Waals surface area (Å²) in [6, 6.07) is 7.30. The van der Waals surface area contributed by atoms with Gasteiger partial charge in [-0.1, -0.05) is 30.8 Å². The van der Waals surface area contributed by atoms with Crippen LogP contribution in [0.3, 0.4) is 0 Å². The van der Waals surface area contributed by atoms with Crippen molar-refractivity contribution < 1.29 is 9.53 Å². The molecule has 0 aliphatic heterocycles. The minimum Gasteiger partial charge on any atom is -0.495 e. The molecule has 0 saturated carbocycles. The number of ether oxygens (including phenoxy) is 1. The van der Waals surface area contributed by atoms with E-state index in [1.165, 1.54) is 11.8 Å². The number of aryl methyl sites for hydroxylation is 1. The highest BCUT2D eigenvalue weighted by Crippen LogP contribution is 2.25. The number of hydrogen-bond acceptors (Lipinski definition) is 5. The third kappa shape index (κ3) is 3.98. The van der Waals surface area contributed by atoms with Gasteiger partial charge in [0.25, 0.3) is 0 Å². The molecule has 21 heavy (non-hydrogen) atoms. The zero-order chi connectivity index (χ0) is 15.2. The second-order valence-corrected chi connectivity index (χ2v) is 5.68. The maximum atomic E-state index is 12.2. The predicted octanol–water partition coefficient (Wildman–Crippen LogP) is 2.50. The van der Waals surface area contributed by atoms with Gasteiger partial charge in [-0.05, 0) is 19.1 Å². The standard InChI is InChI=1S/C14H18N4O2S/c1-4-12-16-14(18-17-12)21-9(2)13(19)15-10-7-5-6-8-11(10)20-3/h5-9H,4H2,1-3H3,(H,15,19)(H,16,17,18). The van der Waals surface area contributed by atoms with E-state index in [9.17, 15) is 4.79 Å². The highest BCUT2D eigenvalue weighted by molar-refractivity contribution is 8.00. The van der Waals surface area contributed by atoms with Crippen molar-refractivity contribution in [2.24, 2.45) is 0 Å². The zero-order valence-electron chi connectivity index (χ0n) is 12.2. The minimum atomic E-state index is -0.310. The Bertz CT molecular complexity index is 615. The van der Waals surface area contributed by atoms with E-state index in [1.807, 2.05) is 26.0 Å². The Hall–Kier alpha value is -2.02. The molecule has 1 heterocycles. The van der Waals surface area contributed by atoms with E-state index in [-0.39, 0.29) is 11.2 Å². The quantitative estimate of drug-likeness (QED) is 0.802. The fourth-order valence-electron chi connectivity index (χ4n) is 1.68. The number of aromatic nitrogens is 3. The minimum absolute atomic E-state index is 0.118. The van der Waals surface area contributed by atoms with Crippen molar-refractivity contribution in [2.75, 3.05) is 12.4 Å². The molecule has 2 N–H and O–H groups in total. The van der Waals surface area contributed by atoms with Crippen LogP contribution >= 0.6 is 11.8 Å². The number of thioether (sulfide) groups is 1. The molecule has 1 unspecified atom stereocenters. The van der Waals surface area contributed by atoms with Crippen LogP contribution < -0.4 is 10.1 Å². The van der Waals surface area contributed by atoms with Crippen LogP contribution in [0.25, 0.3) is 0 Å². The molecule has 0 bridgehead atoms. The number of carbonyl (C=O) groups excluding carboxylic acids is 1. The van der Waals surface area contributed by atoms with Crippen molar-refractivity contribution in [3.63, 3.8) is 0 Å². The number of para-hydroxylation sites is 2. The number of methoxy groups -OCH3 is 1. The summed E-state index contributed by atoms with van der Waals surface area (Å²) >= 11 is 1.31. The first-order valence-corrected chi connectivity index (χ1v) is 7.53. The Labute approximate surface area is 127 Å². The van der Waals surface area contributed by atoms with Crippen molar-refractivity contribution in [1.29, 1.82) is 0 Å². The van der Waals surface area contributed by atoms with Gasteiger partial charge < -0.3 is 10.1 Å². The van der Waals surface area contributed by atoms with Gasteiger partial charge in [0.05, 0.1) is 18.0 Å². The largest absolute Gasteiger partial charge is 0.495 e. The van der Waals surface area contributed by atoms with Gasteiger partial charge in [-0.2, -0.15) is 0 Å². The Morgan fingerprint density at radius 2 is 2.24 bits per heavy atom. The van der Waals surface area contributed by atoms with Crippen molar-refractivity contribution in [3.05, 3.63) is 30.1 Å². The van der Waals surface area contributed by atoms with Crippen LogP contribution in [-0.4, -0.2) is 33.4 Å². The first kappa shape index (κ1) is 15.4. The van der Waals surface area contributed by atoms with Gasteiger partial charge in [0.2, 0.25) is 11.1 Å². The van der Waals surface area contributed by atoms with Gasteiger partial charge >= 0.3 is 0 Å². The Morgan fingerprint density at radius 1 is 1.48 bits per heavy atom. The number of benzene rings is 1. The Balaban J connectivity index is 1.99. The highest BCUT2D eigenvalue weighted by Gasteiger charge is 2.18. The number of carbonyl (C=O) groups is 1. The third-order valence-corrected chi connectivity index (χ3v) is 3.82. The molecular weight excluding hydrogens is 288 g/mol. The summed E-state index contributed by atoms with van der Waals surface area (Å²) in [5.41, 5.74) is 0.654. The van der Waals surface area contributed by atoms with E-state index in [0.29, 0.717) is 16.6 Å². The van der Waals surface area contributed by atoms with E-state index in [0.717, 1.165) is 12.2 Å². The average molecular weight is 306 g/mol. The number of rotatable bonds is 6. The maximum absolute atomic E-state index is 12.2. The van der Waals surface area contributed by atoms with Crippen molar-refractivity contribution in [3.8, 4) is 5.75 Å². The number of nitrogens with one attached hydrogen (secondary N) is 2. The van der Waals surface area contributed by atoms with Crippen LogP contribution in [0.2, 0.25) is 0 Å². The van der Waals surface area contributed by atoms with Gasteiger partial charge in [-0.3, -0.25) is 9.89 Å².